The highest BCUT2D eigenvalue weighted by atomic mass is 16.5. The van der Waals surface area contributed by atoms with E-state index >= 15 is 0 Å². The number of hydrogen-bond donors (Lipinski definition) is 2. The third-order valence-corrected chi connectivity index (χ3v) is 3.58. The maximum Gasteiger partial charge on any atom is 0.317 e. The van der Waals surface area contributed by atoms with Crippen molar-refractivity contribution in [2.75, 3.05) is 33.4 Å². The number of hydrogen-bond acceptors (Lipinski definition) is 3. The van der Waals surface area contributed by atoms with Crippen LogP contribution >= 0.6 is 0 Å². The molecule has 0 spiro atoms. The first kappa shape index (κ1) is 15.8. The quantitative estimate of drug-likeness (QED) is 0.760. The van der Waals surface area contributed by atoms with Crippen molar-refractivity contribution < 1.29 is 19.4 Å². The molecular formula is C13H24N2O4. The predicted molar refractivity (Wildman–Crippen MR) is 71.0 cm³/mol. The molecule has 0 aliphatic carbocycles. The number of amides is 2. The molecule has 1 rings (SSSR count). The number of piperidine rings is 1. The number of aliphatic carboxylic acids is 1. The number of nitrogens with one attached hydrogen (secondary N) is 1. The molecule has 2 amide bonds. The number of carbonyl (C=O) groups is 2. The summed E-state index contributed by atoms with van der Waals surface area (Å²) in [6, 6.07) is -0.0894. The summed E-state index contributed by atoms with van der Waals surface area (Å²) in [5.74, 6) is -0.705. The van der Waals surface area contributed by atoms with E-state index in [1.807, 2.05) is 0 Å². The average molecular weight is 272 g/mol. The number of carboxylic acid groups (broad SMARTS) is 1. The molecule has 1 aliphatic heterocycles. The molecule has 1 saturated heterocycles. The summed E-state index contributed by atoms with van der Waals surface area (Å²) in [4.78, 5) is 24.3. The zero-order valence-corrected chi connectivity index (χ0v) is 11.7. The van der Waals surface area contributed by atoms with Crippen LogP contribution in [0.5, 0.6) is 0 Å². The summed E-state index contributed by atoms with van der Waals surface area (Å²) in [5.41, 5.74) is 0. The predicted octanol–water partition coefficient (Wildman–Crippen LogP) is 1.17. The Kier molecular flexibility index (Phi) is 6.62. The fourth-order valence-corrected chi connectivity index (χ4v) is 2.17. The van der Waals surface area contributed by atoms with E-state index in [0.29, 0.717) is 18.9 Å². The topological polar surface area (TPSA) is 78.9 Å². The van der Waals surface area contributed by atoms with Gasteiger partial charge in [-0.25, -0.2) is 4.79 Å². The number of nitrogens with zero attached hydrogens (tertiary/aromatic N) is 1. The normalized spacial score (nSPS) is 18.1. The second-order valence-electron chi connectivity index (χ2n) is 5.15. The van der Waals surface area contributed by atoms with Crippen LogP contribution in [0.25, 0.3) is 0 Å². The molecule has 0 radical (unpaired) electrons. The molecule has 1 fully saturated rings. The average Bonchev–Trinajstić information content (AvgIpc) is 2.39. The minimum absolute atomic E-state index is 0.0894. The maximum absolute atomic E-state index is 11.9. The molecule has 1 atom stereocenters. The van der Waals surface area contributed by atoms with Crippen LogP contribution in [0.3, 0.4) is 0 Å². The summed E-state index contributed by atoms with van der Waals surface area (Å²) >= 11 is 0. The van der Waals surface area contributed by atoms with Crippen LogP contribution in [0.15, 0.2) is 0 Å². The minimum Gasteiger partial charge on any atom is -0.481 e. The Morgan fingerprint density at radius 3 is 2.58 bits per heavy atom. The summed E-state index contributed by atoms with van der Waals surface area (Å²) in [6.07, 6.45) is 2.39. The Hall–Kier alpha value is -1.30. The highest BCUT2D eigenvalue weighted by Crippen LogP contribution is 2.17. The van der Waals surface area contributed by atoms with Crippen LogP contribution in [0.4, 0.5) is 4.79 Å². The highest BCUT2D eigenvalue weighted by molar-refractivity contribution is 5.74. The number of ether oxygens (including phenoxy) is 1. The lowest BCUT2D eigenvalue weighted by molar-refractivity contribution is -0.141. The van der Waals surface area contributed by atoms with Crippen LogP contribution in [0.1, 0.15) is 26.2 Å². The Morgan fingerprint density at radius 2 is 2.05 bits per heavy atom. The minimum atomic E-state index is -0.824. The molecule has 1 aliphatic rings. The standard InChI is InChI=1S/C13H24N2O4/c1-10(12(16)17)3-6-14-13(18)15-7-4-11(5-8-15)9-19-2/h10-11H,3-9H2,1-2H3,(H,14,18)(H,16,17). The smallest absolute Gasteiger partial charge is 0.317 e. The highest BCUT2D eigenvalue weighted by Gasteiger charge is 2.22. The van der Waals surface area contributed by atoms with Gasteiger partial charge in [-0.2, -0.15) is 0 Å². The fourth-order valence-electron chi connectivity index (χ4n) is 2.17. The Bertz CT molecular complexity index is 301. The van der Waals surface area contributed by atoms with E-state index in [2.05, 4.69) is 5.32 Å². The number of carboxylic acids is 1. The molecule has 2 N–H and O–H groups in total. The monoisotopic (exact) mass is 272 g/mol. The van der Waals surface area contributed by atoms with Gasteiger partial charge in [-0.1, -0.05) is 6.92 Å². The van der Waals surface area contributed by atoms with Gasteiger partial charge in [0, 0.05) is 33.4 Å². The van der Waals surface area contributed by atoms with Gasteiger partial charge in [0.25, 0.3) is 0 Å². The van der Waals surface area contributed by atoms with E-state index < -0.39 is 11.9 Å². The van der Waals surface area contributed by atoms with Gasteiger partial charge in [-0.15, -0.1) is 0 Å². The lowest BCUT2D eigenvalue weighted by Gasteiger charge is -2.31. The zero-order chi connectivity index (χ0) is 14.3. The number of rotatable bonds is 6. The van der Waals surface area contributed by atoms with Crippen LogP contribution in [-0.4, -0.2) is 55.4 Å². The van der Waals surface area contributed by atoms with Crippen molar-refractivity contribution in [3.05, 3.63) is 0 Å². The largest absolute Gasteiger partial charge is 0.481 e. The molecule has 0 aromatic carbocycles. The fraction of sp³-hybridized carbons (Fsp3) is 0.846. The van der Waals surface area contributed by atoms with Gasteiger partial charge in [0.2, 0.25) is 0 Å². The van der Waals surface area contributed by atoms with E-state index in [1.54, 1.807) is 18.9 Å². The van der Waals surface area contributed by atoms with Gasteiger partial charge >= 0.3 is 12.0 Å². The Morgan fingerprint density at radius 1 is 1.42 bits per heavy atom. The van der Waals surface area contributed by atoms with E-state index in [-0.39, 0.29) is 6.03 Å². The Balaban J connectivity index is 2.19. The third kappa shape index (κ3) is 5.46. The first-order valence-electron chi connectivity index (χ1n) is 6.79. The van der Waals surface area contributed by atoms with Gasteiger partial charge in [-0.3, -0.25) is 4.79 Å². The van der Waals surface area contributed by atoms with E-state index in [9.17, 15) is 9.59 Å². The molecule has 19 heavy (non-hydrogen) atoms. The van der Waals surface area contributed by atoms with Crippen molar-refractivity contribution in [3.8, 4) is 0 Å². The summed E-state index contributed by atoms with van der Waals surface area (Å²) in [7, 11) is 1.70. The Labute approximate surface area is 114 Å². The first-order valence-corrected chi connectivity index (χ1v) is 6.79. The van der Waals surface area contributed by atoms with E-state index in [4.69, 9.17) is 9.84 Å². The van der Waals surface area contributed by atoms with E-state index in [1.165, 1.54) is 0 Å². The molecule has 1 heterocycles. The van der Waals surface area contributed by atoms with Crippen LogP contribution < -0.4 is 5.32 Å². The van der Waals surface area contributed by atoms with Crippen LogP contribution in [0, 0.1) is 11.8 Å². The van der Waals surface area contributed by atoms with Gasteiger partial charge in [0.1, 0.15) is 0 Å². The second kappa shape index (κ2) is 7.99. The number of carbonyl (C=O) groups excluding carboxylic acids is 1. The van der Waals surface area contributed by atoms with Crippen molar-refractivity contribution in [2.45, 2.75) is 26.2 Å². The lowest BCUT2D eigenvalue weighted by Crippen LogP contribution is -2.45. The van der Waals surface area contributed by atoms with E-state index in [0.717, 1.165) is 32.5 Å². The van der Waals surface area contributed by atoms with Crippen molar-refractivity contribution in [1.29, 1.82) is 0 Å². The van der Waals surface area contributed by atoms with Gasteiger partial charge in [-0.05, 0) is 25.2 Å². The molecule has 0 aromatic heterocycles. The molecule has 0 saturated carbocycles. The van der Waals surface area contributed by atoms with Crippen molar-refractivity contribution in [1.82, 2.24) is 10.2 Å². The molecular weight excluding hydrogens is 248 g/mol. The number of likely N-dealkylation sites (tertiary alicyclic amines) is 1. The first-order chi connectivity index (χ1) is 9.04. The maximum atomic E-state index is 11.9. The third-order valence-electron chi connectivity index (χ3n) is 3.58. The van der Waals surface area contributed by atoms with Gasteiger partial charge in [0.15, 0.2) is 0 Å². The number of methoxy groups -OCH3 is 1. The molecule has 110 valence electrons. The molecule has 0 bridgehead atoms. The molecule has 1 unspecified atom stereocenters. The molecule has 0 aromatic rings. The van der Waals surface area contributed by atoms with Gasteiger partial charge < -0.3 is 20.1 Å². The SMILES string of the molecule is COCC1CCN(C(=O)NCCC(C)C(=O)O)CC1. The summed E-state index contributed by atoms with van der Waals surface area (Å²) in [6.45, 7) is 4.29. The van der Waals surface area contributed by atoms with Crippen LogP contribution in [0.2, 0.25) is 0 Å². The van der Waals surface area contributed by atoms with Crippen molar-refractivity contribution in [3.63, 3.8) is 0 Å². The summed E-state index contributed by atoms with van der Waals surface area (Å²) < 4.78 is 5.12. The number of urea groups is 1. The van der Waals surface area contributed by atoms with Gasteiger partial charge in [0.05, 0.1) is 5.92 Å². The molecule has 6 heteroatoms. The van der Waals surface area contributed by atoms with Crippen molar-refractivity contribution >= 4 is 12.0 Å². The zero-order valence-electron chi connectivity index (χ0n) is 11.7. The lowest BCUT2D eigenvalue weighted by atomic mass is 9.98. The molecule has 6 nitrogen and oxygen atoms in total. The van der Waals surface area contributed by atoms with Crippen LogP contribution in [-0.2, 0) is 9.53 Å². The second-order valence-corrected chi connectivity index (χ2v) is 5.15. The van der Waals surface area contributed by atoms with Crippen molar-refractivity contribution in [2.24, 2.45) is 11.8 Å². The summed E-state index contributed by atoms with van der Waals surface area (Å²) in [5, 5.41) is 11.5.